The van der Waals surface area contributed by atoms with Crippen LogP contribution >= 0.6 is 0 Å². The Hall–Kier alpha value is -1.54. The second-order valence-corrected chi connectivity index (χ2v) is 19.5. The maximum absolute atomic E-state index is 13.9. The molecule has 278 valence electrons. The lowest BCUT2D eigenvalue weighted by molar-refractivity contribution is -0.273. The summed E-state index contributed by atoms with van der Waals surface area (Å²) in [6.45, 7) is 17.4. The van der Waals surface area contributed by atoms with E-state index in [-0.39, 0.29) is 23.9 Å². The van der Waals surface area contributed by atoms with Crippen molar-refractivity contribution in [3.05, 3.63) is 0 Å². The van der Waals surface area contributed by atoms with Gasteiger partial charge in [-0.2, -0.15) is 0 Å². The summed E-state index contributed by atoms with van der Waals surface area (Å²) in [6.07, 6.45) is 17.8. The van der Waals surface area contributed by atoms with Gasteiger partial charge in [0.2, 0.25) is 0 Å². The molecule has 5 aliphatic carbocycles. The fourth-order valence-electron chi connectivity index (χ4n) is 13.1. The van der Waals surface area contributed by atoms with E-state index in [1.807, 2.05) is 25.7 Å². The van der Waals surface area contributed by atoms with Gasteiger partial charge in [-0.15, -0.1) is 0 Å². The van der Waals surface area contributed by atoms with E-state index in [0.717, 1.165) is 56.5 Å². The Morgan fingerprint density at radius 3 is 2.35 bits per heavy atom. The Kier molecular flexibility index (Phi) is 9.85. The van der Waals surface area contributed by atoms with Crippen LogP contribution in [0, 0.1) is 52.3 Å². The van der Waals surface area contributed by atoms with Crippen molar-refractivity contribution in [2.45, 2.75) is 174 Å². The number of hydrogen-bond donors (Lipinski definition) is 2. The number of nitrogens with one attached hydrogen (secondary N) is 2. The lowest BCUT2D eigenvalue weighted by Crippen LogP contribution is -2.57. The predicted molar refractivity (Wildman–Crippen MR) is 192 cm³/mol. The minimum atomic E-state index is -0.536. The number of alkyl carbamates (subject to hydrolysis) is 1. The van der Waals surface area contributed by atoms with Crippen LogP contribution < -0.4 is 10.6 Å². The van der Waals surface area contributed by atoms with Gasteiger partial charge >= 0.3 is 12.1 Å². The minimum absolute atomic E-state index is 0.0643. The summed E-state index contributed by atoms with van der Waals surface area (Å²) in [6, 6.07) is 0.542. The highest BCUT2D eigenvalue weighted by atomic mass is 16.7. The van der Waals surface area contributed by atoms with Gasteiger partial charge in [0, 0.05) is 37.5 Å². The summed E-state index contributed by atoms with van der Waals surface area (Å²) in [5.74, 6) is 4.43. The number of fused-ring (bicyclic) bond motifs is 7. The largest absolute Gasteiger partial charge is 0.444 e. The smallest absolute Gasteiger partial charge is 0.407 e. The summed E-state index contributed by atoms with van der Waals surface area (Å²) in [5.41, 5.74) is 0.183. The molecule has 49 heavy (non-hydrogen) atoms. The second kappa shape index (κ2) is 13.5. The molecule has 1 spiro atoms. The molecule has 2 N–H and O–H groups in total. The number of amides is 3. The van der Waals surface area contributed by atoms with Crippen LogP contribution in [0.1, 0.15) is 145 Å². The van der Waals surface area contributed by atoms with Crippen LogP contribution in [0.2, 0.25) is 0 Å². The molecule has 12 atom stereocenters. The van der Waals surface area contributed by atoms with Crippen LogP contribution in [0.15, 0.2) is 0 Å². The van der Waals surface area contributed by atoms with Crippen LogP contribution in [-0.4, -0.2) is 66.3 Å². The standard InChI is InChI=1S/C41H69N3O5/c1-26-15-20-41(47-25-26)27(2)35-34(48-41)24-33-31-14-13-28-23-29(16-18-39(28,6)32(31)17-19-40(33,35)7)43-36(45)44(30-11-9-8-10-12-30)22-21-42-37(46)49-38(3,4)5/h26-35H,8-25H2,1-7H3,(H,42,46)(H,43,45)/t26-,27-,28+,29+,31+,32-,33-,34-,35?,39-,40-,41+/m0/s1. The predicted octanol–water partition coefficient (Wildman–Crippen LogP) is 8.67. The molecule has 7 fully saturated rings. The first kappa shape index (κ1) is 35.8. The van der Waals surface area contributed by atoms with E-state index in [1.54, 1.807) is 0 Å². The van der Waals surface area contributed by atoms with Gasteiger partial charge in [-0.05, 0) is 138 Å². The summed E-state index contributed by atoms with van der Waals surface area (Å²) in [4.78, 5) is 28.3. The van der Waals surface area contributed by atoms with Crippen molar-refractivity contribution in [3.63, 3.8) is 0 Å². The Morgan fingerprint density at radius 1 is 0.878 bits per heavy atom. The van der Waals surface area contributed by atoms with Crippen molar-refractivity contribution < 1.29 is 23.8 Å². The molecule has 7 rings (SSSR count). The maximum Gasteiger partial charge on any atom is 0.407 e. The van der Waals surface area contributed by atoms with E-state index in [1.165, 1.54) is 64.2 Å². The molecule has 0 radical (unpaired) electrons. The minimum Gasteiger partial charge on any atom is -0.444 e. The molecule has 0 aromatic heterocycles. The fraction of sp³-hybridized carbons (Fsp3) is 0.951. The van der Waals surface area contributed by atoms with Crippen molar-refractivity contribution in [1.82, 2.24) is 15.5 Å². The van der Waals surface area contributed by atoms with Crippen LogP contribution in [0.5, 0.6) is 0 Å². The zero-order chi connectivity index (χ0) is 34.8. The molecule has 2 heterocycles. The van der Waals surface area contributed by atoms with Gasteiger partial charge in [-0.3, -0.25) is 0 Å². The van der Waals surface area contributed by atoms with Crippen molar-refractivity contribution in [2.24, 2.45) is 52.3 Å². The zero-order valence-electron chi connectivity index (χ0n) is 32.0. The maximum atomic E-state index is 13.9. The SMILES string of the molecule is C[C@H]1CC[C@@]2(OC1)O[C@H]1C[C@H]3[C@@H]4CC[C@@H]5C[C@H](NC(=O)N(CCNC(=O)OC(C)(C)C)C6CCCCC6)CC[C@]5(C)[C@H]4CC[C@]3(C)C1[C@@H]2C. The van der Waals surface area contributed by atoms with Crippen molar-refractivity contribution >= 4 is 12.1 Å². The lowest BCUT2D eigenvalue weighted by Gasteiger charge is -2.61. The Morgan fingerprint density at radius 2 is 1.63 bits per heavy atom. The molecular formula is C41H69N3O5. The molecule has 5 saturated carbocycles. The van der Waals surface area contributed by atoms with E-state index >= 15 is 0 Å². The van der Waals surface area contributed by atoms with Crippen molar-refractivity contribution in [2.75, 3.05) is 19.7 Å². The normalized spacial score (nSPS) is 45.1. The van der Waals surface area contributed by atoms with Crippen molar-refractivity contribution in [1.29, 1.82) is 0 Å². The monoisotopic (exact) mass is 684 g/mol. The Labute approximate surface area is 297 Å². The van der Waals surface area contributed by atoms with Gasteiger partial charge in [0.1, 0.15) is 5.60 Å². The van der Waals surface area contributed by atoms with Crippen LogP contribution in [0.4, 0.5) is 9.59 Å². The first-order chi connectivity index (χ1) is 23.2. The molecule has 0 aromatic rings. The van der Waals surface area contributed by atoms with Gasteiger partial charge in [0.15, 0.2) is 5.79 Å². The van der Waals surface area contributed by atoms with Gasteiger partial charge < -0.3 is 29.7 Å². The van der Waals surface area contributed by atoms with Crippen LogP contribution in [0.25, 0.3) is 0 Å². The van der Waals surface area contributed by atoms with Gasteiger partial charge in [0.25, 0.3) is 0 Å². The average Bonchev–Trinajstić information content (AvgIpc) is 3.49. The number of rotatable bonds is 5. The molecule has 1 unspecified atom stereocenters. The van der Waals surface area contributed by atoms with E-state index in [0.29, 0.717) is 53.7 Å². The molecule has 2 aliphatic heterocycles. The second-order valence-electron chi connectivity index (χ2n) is 19.5. The zero-order valence-corrected chi connectivity index (χ0v) is 32.0. The lowest BCUT2D eigenvalue weighted by atomic mass is 9.44. The fourth-order valence-corrected chi connectivity index (χ4v) is 13.1. The third-order valence-corrected chi connectivity index (χ3v) is 15.6. The number of urea groups is 1. The molecule has 8 heteroatoms. The number of carbonyl (C=O) groups excluding carboxylic acids is 2. The Balaban J connectivity index is 0.968. The number of hydrogen-bond acceptors (Lipinski definition) is 5. The number of nitrogens with zero attached hydrogens (tertiary/aromatic N) is 1. The first-order valence-corrected chi connectivity index (χ1v) is 20.6. The average molecular weight is 684 g/mol. The van der Waals surface area contributed by atoms with Gasteiger partial charge in [0.05, 0.1) is 12.7 Å². The highest BCUT2D eigenvalue weighted by Gasteiger charge is 2.69. The molecule has 0 aromatic carbocycles. The quantitative estimate of drug-likeness (QED) is 0.303. The van der Waals surface area contributed by atoms with Crippen molar-refractivity contribution in [3.8, 4) is 0 Å². The first-order valence-electron chi connectivity index (χ1n) is 20.6. The van der Waals surface area contributed by atoms with Gasteiger partial charge in [-0.1, -0.05) is 47.0 Å². The topological polar surface area (TPSA) is 89.1 Å². The third kappa shape index (κ3) is 6.66. The third-order valence-electron chi connectivity index (χ3n) is 15.6. The summed E-state index contributed by atoms with van der Waals surface area (Å²) < 4.78 is 19.0. The van der Waals surface area contributed by atoms with E-state index in [9.17, 15) is 9.59 Å². The van der Waals surface area contributed by atoms with E-state index in [2.05, 4.69) is 38.3 Å². The number of ether oxygens (including phenoxy) is 3. The molecule has 7 aliphatic rings. The Bertz CT molecular complexity index is 1210. The summed E-state index contributed by atoms with van der Waals surface area (Å²) in [5, 5.41) is 6.42. The van der Waals surface area contributed by atoms with E-state index < -0.39 is 11.7 Å². The van der Waals surface area contributed by atoms with Gasteiger partial charge in [-0.25, -0.2) is 9.59 Å². The van der Waals surface area contributed by atoms with Crippen LogP contribution in [0.3, 0.4) is 0 Å². The molecular weight excluding hydrogens is 614 g/mol. The molecule has 0 bridgehead atoms. The highest BCUT2D eigenvalue weighted by Crippen LogP contribution is 2.71. The molecule has 8 nitrogen and oxygen atoms in total. The molecule has 3 amide bonds. The molecule has 2 saturated heterocycles. The summed E-state index contributed by atoms with van der Waals surface area (Å²) in [7, 11) is 0. The number of carbonyl (C=O) groups is 2. The van der Waals surface area contributed by atoms with Crippen LogP contribution in [-0.2, 0) is 14.2 Å². The highest BCUT2D eigenvalue weighted by molar-refractivity contribution is 5.75. The van der Waals surface area contributed by atoms with E-state index in [4.69, 9.17) is 14.2 Å². The summed E-state index contributed by atoms with van der Waals surface area (Å²) >= 11 is 0.